The van der Waals surface area contributed by atoms with E-state index in [9.17, 15) is 4.79 Å². The lowest BCUT2D eigenvalue weighted by Gasteiger charge is -2.35. The molecular weight excluding hydrogens is 376 g/mol. The van der Waals surface area contributed by atoms with E-state index in [0.29, 0.717) is 18.1 Å². The molecule has 0 unspecified atom stereocenters. The van der Waals surface area contributed by atoms with Gasteiger partial charge in [0.25, 0.3) is 5.91 Å². The van der Waals surface area contributed by atoms with Gasteiger partial charge in [-0.3, -0.25) is 9.78 Å². The van der Waals surface area contributed by atoms with E-state index in [1.54, 1.807) is 18.3 Å². The molecule has 1 saturated heterocycles. The highest BCUT2D eigenvalue weighted by molar-refractivity contribution is 6.04. The number of benzene rings is 2. The number of nitrogens with one attached hydrogen (secondary N) is 1. The number of amides is 1. The van der Waals surface area contributed by atoms with Gasteiger partial charge in [0, 0.05) is 38.4 Å². The number of aromatic nitrogens is 1. The van der Waals surface area contributed by atoms with Crippen LogP contribution in [0.5, 0.6) is 5.75 Å². The number of nitrogens with zero attached hydrogens (tertiary/aromatic N) is 3. The van der Waals surface area contributed by atoms with Gasteiger partial charge in [0.2, 0.25) is 0 Å². The minimum absolute atomic E-state index is 0.248. The Labute approximate surface area is 177 Å². The molecule has 6 heteroatoms. The normalized spacial score (nSPS) is 14.4. The number of pyridine rings is 1. The van der Waals surface area contributed by atoms with E-state index in [1.807, 2.05) is 54.6 Å². The van der Waals surface area contributed by atoms with Crippen LogP contribution in [0.3, 0.4) is 0 Å². The van der Waals surface area contributed by atoms with Gasteiger partial charge in [-0.25, -0.2) is 0 Å². The topological polar surface area (TPSA) is 57.7 Å². The smallest absolute Gasteiger partial charge is 0.274 e. The molecule has 1 amide bonds. The van der Waals surface area contributed by atoms with Crippen molar-refractivity contribution < 1.29 is 9.53 Å². The van der Waals surface area contributed by atoms with Crippen LogP contribution >= 0.6 is 0 Å². The van der Waals surface area contributed by atoms with Crippen molar-refractivity contribution in [1.29, 1.82) is 0 Å². The van der Waals surface area contributed by atoms with Crippen LogP contribution in [0.4, 0.5) is 11.4 Å². The van der Waals surface area contributed by atoms with E-state index in [1.165, 1.54) is 0 Å². The molecule has 1 aromatic heterocycles. The van der Waals surface area contributed by atoms with Gasteiger partial charge in [-0.15, -0.1) is 0 Å². The summed E-state index contributed by atoms with van der Waals surface area (Å²) in [6.07, 6.45) is 1.60. The predicted molar refractivity (Wildman–Crippen MR) is 119 cm³/mol. The molecule has 1 aliphatic heterocycles. The summed E-state index contributed by atoms with van der Waals surface area (Å²) in [5, 5.41) is 3.02. The van der Waals surface area contributed by atoms with Gasteiger partial charge in [0.1, 0.15) is 18.1 Å². The van der Waals surface area contributed by atoms with Crippen LogP contribution in [0, 0.1) is 0 Å². The van der Waals surface area contributed by atoms with E-state index in [2.05, 4.69) is 27.1 Å². The van der Waals surface area contributed by atoms with Crippen LogP contribution in [0.1, 0.15) is 16.1 Å². The number of ether oxygens (including phenoxy) is 1. The molecule has 1 aliphatic rings. The molecule has 0 bridgehead atoms. The van der Waals surface area contributed by atoms with Gasteiger partial charge in [0.15, 0.2) is 0 Å². The third-order valence-corrected chi connectivity index (χ3v) is 5.21. The third-order valence-electron chi connectivity index (χ3n) is 5.21. The predicted octanol–water partition coefficient (Wildman–Crippen LogP) is 3.66. The Morgan fingerprint density at radius 3 is 2.53 bits per heavy atom. The first kappa shape index (κ1) is 19.9. The standard InChI is InChI=1S/C24H26N4O2/c1-27-13-15-28(16-14-27)23-10-6-5-9-21(23)26-24(29)22-17-20(11-12-25-22)30-18-19-7-3-2-4-8-19/h2-12,17H,13-16,18H2,1H3,(H,26,29). The summed E-state index contributed by atoms with van der Waals surface area (Å²) in [4.78, 5) is 21.7. The van der Waals surface area contributed by atoms with Crippen LogP contribution in [0.15, 0.2) is 72.9 Å². The Balaban J connectivity index is 1.44. The number of anilines is 2. The monoisotopic (exact) mass is 402 g/mol. The lowest BCUT2D eigenvalue weighted by Crippen LogP contribution is -2.44. The molecule has 3 aromatic rings. The van der Waals surface area contributed by atoms with Gasteiger partial charge in [-0.1, -0.05) is 42.5 Å². The Kier molecular flexibility index (Phi) is 6.25. The van der Waals surface area contributed by atoms with Gasteiger partial charge >= 0.3 is 0 Å². The minimum Gasteiger partial charge on any atom is -0.489 e. The molecule has 1 fully saturated rings. The number of hydrogen-bond acceptors (Lipinski definition) is 5. The van der Waals surface area contributed by atoms with E-state index < -0.39 is 0 Å². The molecule has 0 aliphatic carbocycles. The zero-order chi connectivity index (χ0) is 20.8. The summed E-state index contributed by atoms with van der Waals surface area (Å²) < 4.78 is 5.83. The average molecular weight is 402 g/mol. The first-order valence-electron chi connectivity index (χ1n) is 10.2. The van der Waals surface area contributed by atoms with Crippen molar-refractivity contribution >= 4 is 17.3 Å². The van der Waals surface area contributed by atoms with Crippen LogP contribution in [-0.4, -0.2) is 49.0 Å². The van der Waals surface area contributed by atoms with Crippen molar-refractivity contribution in [2.24, 2.45) is 0 Å². The first-order chi connectivity index (χ1) is 14.7. The van der Waals surface area contributed by atoms with Crippen molar-refractivity contribution in [3.63, 3.8) is 0 Å². The zero-order valence-corrected chi connectivity index (χ0v) is 17.1. The average Bonchev–Trinajstić information content (AvgIpc) is 2.80. The summed E-state index contributed by atoms with van der Waals surface area (Å²) in [6, 6.07) is 21.3. The molecule has 154 valence electrons. The lowest BCUT2D eigenvalue weighted by molar-refractivity contribution is 0.102. The van der Waals surface area contributed by atoms with E-state index in [0.717, 1.165) is 43.1 Å². The molecule has 6 nitrogen and oxygen atoms in total. The summed E-state index contributed by atoms with van der Waals surface area (Å²) in [5.74, 6) is 0.369. The molecule has 2 aromatic carbocycles. The van der Waals surface area contributed by atoms with Crippen molar-refractivity contribution in [2.45, 2.75) is 6.61 Å². The van der Waals surface area contributed by atoms with E-state index in [-0.39, 0.29) is 5.91 Å². The summed E-state index contributed by atoms with van der Waals surface area (Å²) in [6.45, 7) is 4.32. The number of carbonyl (C=O) groups excluding carboxylic acids is 1. The van der Waals surface area contributed by atoms with Gasteiger partial charge in [-0.05, 0) is 30.8 Å². The lowest BCUT2D eigenvalue weighted by atomic mass is 10.2. The SMILES string of the molecule is CN1CCN(c2ccccc2NC(=O)c2cc(OCc3ccccc3)ccn2)CC1. The Morgan fingerprint density at radius 2 is 1.73 bits per heavy atom. The summed E-state index contributed by atoms with van der Waals surface area (Å²) in [5.41, 5.74) is 3.23. The van der Waals surface area contributed by atoms with Gasteiger partial charge < -0.3 is 19.9 Å². The molecule has 0 atom stereocenters. The van der Waals surface area contributed by atoms with E-state index >= 15 is 0 Å². The highest BCUT2D eigenvalue weighted by atomic mass is 16.5. The molecule has 30 heavy (non-hydrogen) atoms. The largest absolute Gasteiger partial charge is 0.489 e. The van der Waals surface area contributed by atoms with Crippen LogP contribution in [0.2, 0.25) is 0 Å². The minimum atomic E-state index is -0.248. The fourth-order valence-electron chi connectivity index (χ4n) is 3.45. The maximum Gasteiger partial charge on any atom is 0.274 e. The van der Waals surface area contributed by atoms with Crippen LogP contribution in [0.25, 0.3) is 0 Å². The quantitative estimate of drug-likeness (QED) is 0.682. The number of carbonyl (C=O) groups is 1. The van der Waals surface area contributed by atoms with Crippen molar-refractivity contribution in [1.82, 2.24) is 9.88 Å². The summed E-state index contributed by atoms with van der Waals surface area (Å²) in [7, 11) is 2.13. The molecule has 0 saturated carbocycles. The molecule has 0 spiro atoms. The Morgan fingerprint density at radius 1 is 1.00 bits per heavy atom. The number of hydrogen-bond donors (Lipinski definition) is 1. The second kappa shape index (κ2) is 9.41. The Bertz CT molecular complexity index is 985. The highest BCUT2D eigenvalue weighted by Crippen LogP contribution is 2.27. The molecule has 2 heterocycles. The molecule has 1 N–H and O–H groups in total. The van der Waals surface area contributed by atoms with Crippen LogP contribution in [-0.2, 0) is 6.61 Å². The first-order valence-corrected chi connectivity index (χ1v) is 10.2. The fourth-order valence-corrected chi connectivity index (χ4v) is 3.45. The Hall–Kier alpha value is -3.38. The fraction of sp³-hybridized carbons (Fsp3) is 0.250. The van der Waals surface area contributed by atoms with Gasteiger partial charge in [0.05, 0.1) is 11.4 Å². The number of rotatable bonds is 6. The number of likely N-dealkylation sites (N-methyl/N-ethyl adjacent to an activating group) is 1. The molecule has 0 radical (unpaired) electrons. The van der Waals surface area contributed by atoms with Crippen molar-refractivity contribution in [2.75, 3.05) is 43.4 Å². The zero-order valence-electron chi connectivity index (χ0n) is 17.1. The summed E-state index contributed by atoms with van der Waals surface area (Å²) >= 11 is 0. The molecule has 4 rings (SSSR count). The van der Waals surface area contributed by atoms with Crippen molar-refractivity contribution in [3.05, 3.63) is 84.2 Å². The second-order valence-electron chi connectivity index (χ2n) is 7.41. The van der Waals surface area contributed by atoms with Crippen molar-refractivity contribution in [3.8, 4) is 5.75 Å². The van der Waals surface area contributed by atoms with Crippen LogP contribution < -0.4 is 15.0 Å². The highest BCUT2D eigenvalue weighted by Gasteiger charge is 2.18. The number of para-hydroxylation sites is 2. The van der Waals surface area contributed by atoms with Gasteiger partial charge in [-0.2, -0.15) is 0 Å². The second-order valence-corrected chi connectivity index (χ2v) is 7.41. The van der Waals surface area contributed by atoms with E-state index in [4.69, 9.17) is 4.74 Å². The maximum absolute atomic E-state index is 12.9. The maximum atomic E-state index is 12.9. The molecular formula is C24H26N4O2. The number of piperazine rings is 1. The third kappa shape index (κ3) is 4.96.